The predicted octanol–water partition coefficient (Wildman–Crippen LogP) is 4.94. The van der Waals surface area contributed by atoms with Gasteiger partial charge in [0.15, 0.2) is 5.58 Å². The summed E-state index contributed by atoms with van der Waals surface area (Å²) in [5.41, 5.74) is 1.25. The van der Waals surface area contributed by atoms with E-state index < -0.39 is 11.0 Å². The second-order valence-corrected chi connectivity index (χ2v) is 9.26. The van der Waals surface area contributed by atoms with Crippen LogP contribution in [0.5, 0.6) is 0 Å². The molecule has 5 rings (SSSR count). The van der Waals surface area contributed by atoms with E-state index in [2.05, 4.69) is 41.9 Å². The maximum atomic E-state index is 12.7. The van der Waals surface area contributed by atoms with Gasteiger partial charge in [-0.1, -0.05) is 15.9 Å². The number of thiazole rings is 1. The van der Waals surface area contributed by atoms with Gasteiger partial charge < -0.3 is 4.42 Å². The molecule has 1 amide bonds. The maximum Gasteiger partial charge on any atom is 0.345 e. The molecule has 0 N–H and O–H groups in total. The van der Waals surface area contributed by atoms with Gasteiger partial charge in [-0.15, -0.1) is 11.3 Å². The van der Waals surface area contributed by atoms with Crippen molar-refractivity contribution in [1.29, 1.82) is 0 Å². The van der Waals surface area contributed by atoms with Crippen molar-refractivity contribution in [2.75, 3.05) is 5.01 Å². The fraction of sp³-hybridized carbons (Fsp3) is 0.222. The van der Waals surface area contributed by atoms with Crippen molar-refractivity contribution in [3.63, 3.8) is 0 Å². The van der Waals surface area contributed by atoms with E-state index in [4.69, 9.17) is 4.42 Å². The summed E-state index contributed by atoms with van der Waals surface area (Å²) in [5, 5.41) is 8.74. The number of carbonyl (C=O) groups is 1. The van der Waals surface area contributed by atoms with E-state index in [9.17, 15) is 9.59 Å². The first-order chi connectivity index (χ1) is 12.9. The molecule has 0 bridgehead atoms. The number of anilines is 1. The van der Waals surface area contributed by atoms with Gasteiger partial charge in [0, 0.05) is 15.2 Å². The lowest BCUT2D eigenvalue weighted by Gasteiger charge is -2.09. The van der Waals surface area contributed by atoms with Crippen LogP contribution in [0.3, 0.4) is 0 Å². The lowest BCUT2D eigenvalue weighted by molar-refractivity contribution is -0.120. The largest absolute Gasteiger partial charge is 0.421 e. The average Bonchev–Trinajstić information content (AvgIpc) is 3.23. The van der Waals surface area contributed by atoms with E-state index in [1.54, 1.807) is 11.4 Å². The lowest BCUT2D eigenvalue weighted by atomic mass is 10.0. The van der Waals surface area contributed by atoms with Gasteiger partial charge in [0.2, 0.25) is 5.13 Å². The zero-order valence-corrected chi connectivity index (χ0v) is 17.9. The molecule has 0 radical (unpaired) electrons. The van der Waals surface area contributed by atoms with Crippen LogP contribution in [0.4, 0.5) is 5.13 Å². The van der Waals surface area contributed by atoms with Crippen molar-refractivity contribution in [3.8, 4) is 11.3 Å². The molecular formula is C18H11Br2N3O3S. The van der Waals surface area contributed by atoms with Crippen molar-refractivity contribution >= 4 is 70.9 Å². The van der Waals surface area contributed by atoms with Crippen LogP contribution in [0.15, 0.2) is 46.8 Å². The molecule has 1 fully saturated rings. The predicted molar refractivity (Wildman–Crippen MR) is 111 cm³/mol. The molecule has 1 aliphatic heterocycles. The Balaban J connectivity index is 1.58. The van der Waals surface area contributed by atoms with E-state index in [1.165, 1.54) is 16.3 Å². The van der Waals surface area contributed by atoms with Crippen LogP contribution in [0.2, 0.25) is 0 Å². The molecular weight excluding hydrogens is 498 g/mol. The Kier molecular flexibility index (Phi) is 3.73. The summed E-state index contributed by atoms with van der Waals surface area (Å²) in [6.45, 7) is 1.88. The highest BCUT2D eigenvalue weighted by Crippen LogP contribution is 2.52. The number of hydrogen-bond donors (Lipinski definition) is 0. The van der Waals surface area contributed by atoms with Crippen molar-refractivity contribution < 1.29 is 9.21 Å². The summed E-state index contributed by atoms with van der Waals surface area (Å²) >= 11 is 8.13. The van der Waals surface area contributed by atoms with Crippen molar-refractivity contribution in [1.82, 2.24) is 4.98 Å². The minimum atomic E-state index is -0.478. The number of nitrogens with zero attached hydrogens (tertiary/aromatic N) is 3. The summed E-state index contributed by atoms with van der Waals surface area (Å²) in [7, 11) is 0. The molecule has 1 saturated carbocycles. The van der Waals surface area contributed by atoms with E-state index in [0.29, 0.717) is 26.4 Å². The van der Waals surface area contributed by atoms with E-state index in [1.807, 2.05) is 19.1 Å². The van der Waals surface area contributed by atoms with Crippen LogP contribution in [-0.2, 0) is 4.79 Å². The molecule has 2 aromatic heterocycles. The average molecular weight is 509 g/mol. The first kappa shape index (κ1) is 17.3. The molecule has 9 heteroatoms. The highest BCUT2D eigenvalue weighted by Gasteiger charge is 2.59. The Hall–Kier alpha value is -1.84. The minimum Gasteiger partial charge on any atom is -0.421 e. The SMILES string of the molecule is CC1=NN(c2nc(-c3cc4cc(Br)cc(Br)c4oc3=O)cs2)C(=O)C12CC2. The number of hydrazone groups is 1. The second kappa shape index (κ2) is 5.83. The van der Waals surface area contributed by atoms with Crippen LogP contribution in [0.1, 0.15) is 19.8 Å². The van der Waals surface area contributed by atoms with E-state index in [-0.39, 0.29) is 5.91 Å². The molecule has 3 heterocycles. The normalized spacial score (nSPS) is 17.8. The fourth-order valence-corrected chi connectivity index (χ4v) is 5.41. The van der Waals surface area contributed by atoms with Crippen LogP contribution in [0, 0.1) is 5.41 Å². The molecule has 0 saturated heterocycles. The number of rotatable bonds is 2. The highest BCUT2D eigenvalue weighted by molar-refractivity contribution is 9.11. The zero-order valence-electron chi connectivity index (χ0n) is 14.0. The first-order valence-corrected chi connectivity index (χ1v) is 10.6. The van der Waals surface area contributed by atoms with Crippen molar-refractivity contribution in [3.05, 3.63) is 42.9 Å². The number of halogens is 2. The Morgan fingerprint density at radius 2 is 2.00 bits per heavy atom. The van der Waals surface area contributed by atoms with Gasteiger partial charge in [-0.25, -0.2) is 9.78 Å². The van der Waals surface area contributed by atoms with Gasteiger partial charge in [-0.3, -0.25) is 4.79 Å². The molecule has 136 valence electrons. The number of amides is 1. The van der Waals surface area contributed by atoms with Crippen molar-refractivity contribution in [2.45, 2.75) is 19.8 Å². The standard InChI is InChI=1S/C18H11Br2N3O3S/c1-8-18(2-3-18)16(25)23(22-8)17-21-13(7-27-17)11-5-9-4-10(19)6-12(20)14(9)26-15(11)24/h4-7H,2-3H2,1H3. The van der Waals surface area contributed by atoms with Gasteiger partial charge in [0.1, 0.15) is 0 Å². The van der Waals surface area contributed by atoms with Gasteiger partial charge in [-0.05, 0) is 53.9 Å². The number of aromatic nitrogens is 1. The van der Waals surface area contributed by atoms with E-state index >= 15 is 0 Å². The van der Waals surface area contributed by atoms with Crippen LogP contribution in [0.25, 0.3) is 22.2 Å². The molecule has 1 aromatic carbocycles. The van der Waals surface area contributed by atoms with Crippen LogP contribution >= 0.6 is 43.2 Å². The number of fused-ring (bicyclic) bond motifs is 1. The zero-order chi connectivity index (χ0) is 18.9. The smallest absolute Gasteiger partial charge is 0.345 e. The first-order valence-electron chi connectivity index (χ1n) is 8.18. The molecule has 6 nitrogen and oxygen atoms in total. The molecule has 1 spiro atoms. The molecule has 27 heavy (non-hydrogen) atoms. The Morgan fingerprint density at radius 3 is 2.70 bits per heavy atom. The third-order valence-corrected chi connectivity index (χ3v) is 6.86. The summed E-state index contributed by atoms with van der Waals surface area (Å²) in [6.07, 6.45) is 1.68. The van der Waals surface area contributed by atoms with Crippen LogP contribution in [-0.4, -0.2) is 16.6 Å². The Bertz CT molecular complexity index is 1230. The molecule has 1 aliphatic carbocycles. The Morgan fingerprint density at radius 1 is 1.22 bits per heavy atom. The van der Waals surface area contributed by atoms with Gasteiger partial charge in [0.25, 0.3) is 5.91 Å². The summed E-state index contributed by atoms with van der Waals surface area (Å²) < 4.78 is 7.04. The maximum absolute atomic E-state index is 12.7. The molecule has 2 aliphatic rings. The van der Waals surface area contributed by atoms with Gasteiger partial charge >= 0.3 is 5.63 Å². The Labute approximate surface area is 174 Å². The van der Waals surface area contributed by atoms with Gasteiger partial charge in [0.05, 0.1) is 26.9 Å². The monoisotopic (exact) mass is 507 g/mol. The topological polar surface area (TPSA) is 75.8 Å². The van der Waals surface area contributed by atoms with E-state index in [0.717, 1.165) is 28.4 Å². The quantitative estimate of drug-likeness (QED) is 0.459. The summed E-state index contributed by atoms with van der Waals surface area (Å²) in [4.78, 5) is 29.6. The minimum absolute atomic E-state index is 0.0284. The molecule has 0 atom stereocenters. The molecule has 0 unspecified atom stereocenters. The lowest BCUT2D eigenvalue weighted by Crippen LogP contribution is -2.28. The third kappa shape index (κ3) is 2.55. The fourth-order valence-electron chi connectivity index (χ4n) is 3.30. The number of benzene rings is 1. The van der Waals surface area contributed by atoms with Crippen molar-refractivity contribution in [2.24, 2.45) is 10.5 Å². The summed E-state index contributed by atoms with van der Waals surface area (Å²) in [6, 6.07) is 5.44. The molecule has 3 aromatic rings. The number of hydrogen-bond acceptors (Lipinski definition) is 6. The third-order valence-electron chi connectivity index (χ3n) is 5.00. The summed E-state index contributed by atoms with van der Waals surface area (Å²) in [5.74, 6) is -0.0284. The second-order valence-electron chi connectivity index (χ2n) is 6.65. The van der Waals surface area contributed by atoms with Crippen LogP contribution < -0.4 is 10.6 Å². The van der Waals surface area contributed by atoms with Gasteiger partial charge in [-0.2, -0.15) is 10.1 Å². The number of carbonyl (C=O) groups excluding carboxylic acids is 1. The highest BCUT2D eigenvalue weighted by atomic mass is 79.9.